The van der Waals surface area contributed by atoms with Crippen molar-refractivity contribution >= 4 is 0 Å². The fourth-order valence-electron chi connectivity index (χ4n) is 11.4. The number of hydrogen-bond acceptors (Lipinski definition) is 4. The third-order valence-corrected chi connectivity index (χ3v) is 14.5. The number of aliphatic hydroxyl groups is 1. The second kappa shape index (κ2) is 22.6. The second-order valence-electron chi connectivity index (χ2n) is 18.7. The molecule has 0 aromatic heterocycles. The lowest BCUT2D eigenvalue weighted by Gasteiger charge is -2.58. The van der Waals surface area contributed by atoms with E-state index in [1.54, 1.807) is 5.57 Å². The predicted molar refractivity (Wildman–Crippen MR) is 216 cm³/mol. The maximum absolute atomic E-state index is 10.1. The summed E-state index contributed by atoms with van der Waals surface area (Å²) < 4.78 is 17.9. The molecule has 4 rings (SSSR count). The molecule has 51 heavy (non-hydrogen) atoms. The van der Waals surface area contributed by atoms with E-state index in [0.29, 0.717) is 36.8 Å². The Morgan fingerprint density at radius 2 is 1.47 bits per heavy atom. The van der Waals surface area contributed by atoms with Crippen LogP contribution in [0.5, 0.6) is 0 Å². The molecule has 296 valence electrons. The minimum atomic E-state index is -0.522. The molecule has 0 heterocycles. The Labute approximate surface area is 316 Å². The van der Waals surface area contributed by atoms with Gasteiger partial charge in [0.2, 0.25) is 0 Å². The van der Waals surface area contributed by atoms with E-state index in [1.807, 2.05) is 0 Å². The topological polar surface area (TPSA) is 47.9 Å². The second-order valence-corrected chi connectivity index (χ2v) is 18.7. The Bertz CT molecular complexity index is 1000. The van der Waals surface area contributed by atoms with Gasteiger partial charge in [-0.2, -0.15) is 0 Å². The Morgan fingerprint density at radius 3 is 2.22 bits per heavy atom. The van der Waals surface area contributed by atoms with Crippen molar-refractivity contribution in [2.24, 2.45) is 46.3 Å². The first kappa shape index (κ1) is 43.1. The zero-order chi connectivity index (χ0) is 36.5. The van der Waals surface area contributed by atoms with E-state index in [0.717, 1.165) is 68.0 Å². The summed E-state index contributed by atoms with van der Waals surface area (Å²) in [7, 11) is 0. The zero-order valence-electron chi connectivity index (χ0n) is 34.6. The van der Waals surface area contributed by atoms with Gasteiger partial charge in [0.05, 0.1) is 19.3 Å². The van der Waals surface area contributed by atoms with Crippen molar-refractivity contribution in [3.8, 4) is 0 Å². The van der Waals surface area contributed by atoms with Crippen LogP contribution in [-0.4, -0.2) is 50.3 Å². The summed E-state index contributed by atoms with van der Waals surface area (Å²) in [6.45, 7) is 18.1. The van der Waals surface area contributed by atoms with E-state index < -0.39 is 6.10 Å². The van der Waals surface area contributed by atoms with Crippen molar-refractivity contribution < 1.29 is 19.3 Å². The van der Waals surface area contributed by atoms with Gasteiger partial charge in [0.1, 0.15) is 6.10 Å². The number of fused-ring (bicyclic) bond motifs is 5. The van der Waals surface area contributed by atoms with Gasteiger partial charge in [-0.05, 0) is 136 Å². The van der Waals surface area contributed by atoms with Crippen molar-refractivity contribution in [2.75, 3.05) is 33.0 Å². The molecule has 9 atom stereocenters. The first-order chi connectivity index (χ1) is 24.7. The van der Waals surface area contributed by atoms with E-state index in [4.69, 9.17) is 14.2 Å². The van der Waals surface area contributed by atoms with E-state index in [-0.39, 0.29) is 0 Å². The molecule has 0 aromatic carbocycles. The van der Waals surface area contributed by atoms with Crippen molar-refractivity contribution in [3.05, 3.63) is 23.8 Å². The van der Waals surface area contributed by atoms with E-state index >= 15 is 0 Å². The molecule has 0 bridgehead atoms. The largest absolute Gasteiger partial charge is 0.388 e. The molecule has 0 spiro atoms. The quantitative estimate of drug-likeness (QED) is 0.0716. The summed E-state index contributed by atoms with van der Waals surface area (Å²) in [6, 6.07) is 0. The Balaban J connectivity index is 1.02. The highest BCUT2D eigenvalue weighted by atomic mass is 16.5. The zero-order valence-corrected chi connectivity index (χ0v) is 34.6. The molecule has 0 aromatic rings. The van der Waals surface area contributed by atoms with Crippen LogP contribution in [0.15, 0.2) is 23.8 Å². The van der Waals surface area contributed by atoms with Gasteiger partial charge in [0.25, 0.3) is 0 Å². The minimum absolute atomic E-state index is 0.372. The molecule has 4 heteroatoms. The molecule has 0 radical (unpaired) electrons. The summed E-state index contributed by atoms with van der Waals surface area (Å²) in [4.78, 5) is 0. The fourth-order valence-corrected chi connectivity index (χ4v) is 11.4. The number of unbranched alkanes of at least 4 members (excludes halogenated alkanes) is 8. The van der Waals surface area contributed by atoms with Crippen LogP contribution in [0.2, 0.25) is 0 Å². The lowest BCUT2D eigenvalue weighted by Crippen LogP contribution is -2.51. The van der Waals surface area contributed by atoms with Crippen LogP contribution in [0.25, 0.3) is 0 Å². The number of hydrogen-bond donors (Lipinski definition) is 1. The monoisotopic (exact) mass is 713 g/mol. The highest BCUT2D eigenvalue weighted by Crippen LogP contribution is 2.67. The average Bonchev–Trinajstić information content (AvgIpc) is 3.47. The fraction of sp³-hybridized carbons (Fsp3) is 0.915. The molecule has 2 unspecified atom stereocenters. The maximum Gasteiger partial charge on any atom is 0.101 e. The lowest BCUT2D eigenvalue weighted by atomic mass is 9.47. The third kappa shape index (κ3) is 13.0. The normalized spacial score (nSPS) is 31.8. The smallest absolute Gasteiger partial charge is 0.101 e. The van der Waals surface area contributed by atoms with Crippen LogP contribution < -0.4 is 0 Å². The van der Waals surface area contributed by atoms with E-state index in [1.165, 1.54) is 122 Å². The van der Waals surface area contributed by atoms with Gasteiger partial charge in [-0.25, -0.2) is 0 Å². The summed E-state index contributed by atoms with van der Waals surface area (Å²) in [5.74, 6) is 5.45. The molecule has 3 fully saturated rings. The lowest BCUT2D eigenvalue weighted by molar-refractivity contribution is -0.0641. The molecule has 4 nitrogen and oxygen atoms in total. The Morgan fingerprint density at radius 1 is 0.765 bits per heavy atom. The van der Waals surface area contributed by atoms with Crippen molar-refractivity contribution in [3.63, 3.8) is 0 Å². The first-order valence-electron chi connectivity index (χ1n) is 22.5. The minimum Gasteiger partial charge on any atom is -0.388 e. The molecule has 0 saturated heterocycles. The van der Waals surface area contributed by atoms with Gasteiger partial charge in [0.15, 0.2) is 0 Å². The van der Waals surface area contributed by atoms with Crippen molar-refractivity contribution in [1.29, 1.82) is 0 Å². The highest BCUT2D eigenvalue weighted by Gasteiger charge is 2.59. The Kier molecular flexibility index (Phi) is 19.1. The van der Waals surface area contributed by atoms with Crippen LogP contribution in [0, 0.1) is 46.3 Å². The van der Waals surface area contributed by atoms with Gasteiger partial charge in [-0.1, -0.05) is 117 Å². The maximum atomic E-state index is 10.1. The van der Waals surface area contributed by atoms with E-state index in [9.17, 15) is 5.11 Å². The standard InChI is InChI=1S/C47H84O4/c1-7-8-9-10-11-12-14-17-31-49-35-40(48)36-50-32-18-15-13-16-19-33-51-41-27-29-46(5)39(34-41)23-24-42-44-26-25-43(38(4)22-20-21-37(2)3)47(44,6)30-28-45(42)46/h11-12,23,37-38,40-45,48H,7-10,13-22,24-36H2,1-6H3/b12-11-/t38-,40+,41+,42+,43-,44?,45?,46+,47-/m1/s1. The third-order valence-electron chi connectivity index (χ3n) is 14.5. The van der Waals surface area contributed by atoms with Crippen LogP contribution >= 0.6 is 0 Å². The molecular weight excluding hydrogens is 629 g/mol. The van der Waals surface area contributed by atoms with Gasteiger partial charge in [-0.15, -0.1) is 0 Å². The molecule has 1 N–H and O–H groups in total. The van der Waals surface area contributed by atoms with Gasteiger partial charge >= 0.3 is 0 Å². The first-order valence-corrected chi connectivity index (χ1v) is 22.5. The number of allylic oxidation sites excluding steroid dienone is 3. The molecule has 4 aliphatic carbocycles. The Hall–Kier alpha value is -0.680. The number of rotatable bonds is 26. The van der Waals surface area contributed by atoms with Gasteiger partial charge < -0.3 is 19.3 Å². The highest BCUT2D eigenvalue weighted by molar-refractivity contribution is 5.25. The average molecular weight is 713 g/mol. The van der Waals surface area contributed by atoms with E-state index in [2.05, 4.69) is 59.8 Å². The van der Waals surface area contributed by atoms with Crippen LogP contribution in [-0.2, 0) is 14.2 Å². The molecule has 0 amide bonds. The van der Waals surface area contributed by atoms with Crippen LogP contribution in [0.3, 0.4) is 0 Å². The van der Waals surface area contributed by atoms with Crippen LogP contribution in [0.1, 0.15) is 183 Å². The summed E-state index contributed by atoms with van der Waals surface area (Å²) in [5, 5.41) is 10.1. The van der Waals surface area contributed by atoms with Crippen LogP contribution in [0.4, 0.5) is 0 Å². The molecule has 4 aliphatic rings. The van der Waals surface area contributed by atoms with Crippen molar-refractivity contribution in [1.82, 2.24) is 0 Å². The summed E-state index contributed by atoms with van der Waals surface area (Å²) >= 11 is 0. The SMILES string of the molecule is CCCCC/C=C\CCCOC[C@H](O)COCCCCCCCO[C@H]1CC[C@@]2(C)C(=CC[C@@H]3C2CC[C@@]2(C)C3CC[C@@H]2[C@H](C)CCCC(C)C)C1. The van der Waals surface area contributed by atoms with Gasteiger partial charge in [0, 0.05) is 19.8 Å². The number of aliphatic hydroxyl groups excluding tert-OH is 1. The van der Waals surface area contributed by atoms with Gasteiger partial charge in [-0.3, -0.25) is 0 Å². The summed E-state index contributed by atoms with van der Waals surface area (Å²) in [5.41, 5.74) is 2.76. The predicted octanol–water partition coefficient (Wildman–Crippen LogP) is 12.7. The summed E-state index contributed by atoms with van der Waals surface area (Å²) in [6.07, 6.45) is 35.5. The number of ether oxygens (including phenoxy) is 3. The molecule has 3 saturated carbocycles. The van der Waals surface area contributed by atoms with Crippen molar-refractivity contribution in [2.45, 2.75) is 195 Å². The molecule has 0 aliphatic heterocycles. The molecular formula is C47H84O4.